The molecule has 0 nitrogen and oxygen atoms in total. The number of hydrogen-bond donors (Lipinski definition) is 0. The Balaban J connectivity index is 3.46. The Morgan fingerprint density at radius 1 is 0.944 bits per heavy atom. The third kappa shape index (κ3) is 2.97. The van der Waals surface area contributed by atoms with Crippen molar-refractivity contribution in [3.8, 4) is 0 Å². The molecule has 2 heteroatoms. The lowest BCUT2D eigenvalue weighted by Crippen LogP contribution is -2.36. The highest BCUT2D eigenvalue weighted by molar-refractivity contribution is 6.84. The summed E-state index contributed by atoms with van der Waals surface area (Å²) in [6, 6.07) is 0. The van der Waals surface area contributed by atoms with E-state index in [9.17, 15) is 0 Å². The molecule has 102 valence electrons. The molecule has 0 spiro atoms. The molecule has 0 heterocycles. The first-order valence-electron chi connectivity index (χ1n) is 7.04. The Kier molecular flexibility index (Phi) is 4.34. The van der Waals surface area contributed by atoms with Crippen LogP contribution < -0.4 is 0 Å². The molecule has 0 saturated carbocycles. The van der Waals surface area contributed by atoms with Gasteiger partial charge in [0.05, 0.1) is 16.1 Å². The molecule has 0 aromatic carbocycles. The fourth-order valence-electron chi connectivity index (χ4n) is 3.37. The number of rotatable bonds is 3. The van der Waals surface area contributed by atoms with E-state index in [0.717, 1.165) is 0 Å². The van der Waals surface area contributed by atoms with Gasteiger partial charge in [-0.2, -0.15) is 0 Å². The van der Waals surface area contributed by atoms with Crippen LogP contribution in [0.3, 0.4) is 0 Å². The second-order valence-corrected chi connectivity index (χ2v) is 17.8. The zero-order valence-electron chi connectivity index (χ0n) is 13.6. The van der Waals surface area contributed by atoms with Gasteiger partial charge in [-0.05, 0) is 26.2 Å². The van der Waals surface area contributed by atoms with Crippen molar-refractivity contribution < 1.29 is 0 Å². The van der Waals surface area contributed by atoms with Gasteiger partial charge >= 0.3 is 0 Å². The highest BCUT2D eigenvalue weighted by atomic mass is 28.3. The fraction of sp³-hybridized carbons (Fsp3) is 0.625. The van der Waals surface area contributed by atoms with E-state index in [1.54, 1.807) is 21.5 Å². The first kappa shape index (κ1) is 15.7. The SMILES string of the molecule is C=CC1CC([Si](C)(C)C)=C(C)C(C)=C1[Si](C)(C)C. The van der Waals surface area contributed by atoms with E-state index in [4.69, 9.17) is 0 Å². The third-order valence-corrected chi connectivity index (χ3v) is 8.96. The molecule has 18 heavy (non-hydrogen) atoms. The Morgan fingerprint density at radius 3 is 1.78 bits per heavy atom. The highest BCUT2D eigenvalue weighted by Crippen LogP contribution is 2.42. The molecule has 0 aliphatic heterocycles. The normalized spacial score (nSPS) is 22.6. The van der Waals surface area contributed by atoms with Gasteiger partial charge in [0.2, 0.25) is 0 Å². The van der Waals surface area contributed by atoms with Crippen molar-refractivity contribution >= 4 is 16.1 Å². The molecule has 1 aliphatic carbocycles. The van der Waals surface area contributed by atoms with Crippen molar-refractivity contribution in [3.63, 3.8) is 0 Å². The van der Waals surface area contributed by atoms with Gasteiger partial charge in [-0.3, -0.25) is 0 Å². The van der Waals surface area contributed by atoms with Gasteiger partial charge in [0.15, 0.2) is 0 Å². The minimum absolute atomic E-state index is 0.599. The quantitative estimate of drug-likeness (QED) is 0.467. The summed E-state index contributed by atoms with van der Waals surface area (Å²) in [5.74, 6) is 0.599. The Hall–Kier alpha value is -0.346. The molecule has 0 bridgehead atoms. The van der Waals surface area contributed by atoms with Crippen LogP contribution in [0.4, 0.5) is 0 Å². The lowest BCUT2D eigenvalue weighted by molar-refractivity contribution is 0.760. The molecular weight excluding hydrogens is 248 g/mol. The molecule has 1 unspecified atom stereocenters. The van der Waals surface area contributed by atoms with Crippen LogP contribution in [0.1, 0.15) is 20.3 Å². The molecule has 0 amide bonds. The molecule has 0 fully saturated rings. The second kappa shape index (κ2) is 4.97. The first-order chi connectivity index (χ1) is 8.00. The summed E-state index contributed by atoms with van der Waals surface area (Å²) in [4.78, 5) is 0. The van der Waals surface area contributed by atoms with Crippen LogP contribution in [0.5, 0.6) is 0 Å². The maximum absolute atomic E-state index is 4.10. The van der Waals surface area contributed by atoms with Gasteiger partial charge in [-0.25, -0.2) is 0 Å². The Morgan fingerprint density at radius 2 is 1.44 bits per heavy atom. The van der Waals surface area contributed by atoms with E-state index >= 15 is 0 Å². The molecule has 1 atom stereocenters. The van der Waals surface area contributed by atoms with E-state index in [-0.39, 0.29) is 0 Å². The summed E-state index contributed by atoms with van der Waals surface area (Å²) in [5.41, 5.74) is 3.19. The van der Waals surface area contributed by atoms with Gasteiger partial charge in [0.1, 0.15) is 0 Å². The van der Waals surface area contributed by atoms with Gasteiger partial charge in [-0.15, -0.1) is 6.58 Å². The van der Waals surface area contributed by atoms with Crippen molar-refractivity contribution in [3.05, 3.63) is 34.2 Å². The predicted octanol–water partition coefficient (Wildman–Crippen LogP) is 5.58. The summed E-state index contributed by atoms with van der Waals surface area (Å²) in [5, 5.41) is 3.49. The number of allylic oxidation sites excluding steroid dienone is 5. The second-order valence-electron chi connectivity index (χ2n) is 7.69. The largest absolute Gasteiger partial charge is 0.102 e. The van der Waals surface area contributed by atoms with E-state index in [0.29, 0.717) is 5.92 Å². The molecule has 0 aromatic rings. The first-order valence-corrected chi connectivity index (χ1v) is 14.0. The molecule has 1 aliphatic rings. The summed E-state index contributed by atoms with van der Waals surface area (Å²) in [7, 11) is -2.44. The van der Waals surface area contributed by atoms with E-state index in [2.05, 4.69) is 65.8 Å². The summed E-state index contributed by atoms with van der Waals surface area (Å²) in [6.07, 6.45) is 3.44. The standard InChI is InChI=1S/C16H30Si2/c1-10-14-11-15(17(4,5)6)12(2)13(3)16(14)18(7,8)9/h10,14H,1,11H2,2-9H3. The summed E-state index contributed by atoms with van der Waals surface area (Å²) < 4.78 is 0. The molecule has 0 radical (unpaired) electrons. The van der Waals surface area contributed by atoms with Crippen molar-refractivity contribution in [1.29, 1.82) is 0 Å². The van der Waals surface area contributed by atoms with Crippen molar-refractivity contribution in [1.82, 2.24) is 0 Å². The Bertz CT molecular complexity index is 411. The van der Waals surface area contributed by atoms with E-state index in [1.165, 1.54) is 6.42 Å². The van der Waals surface area contributed by atoms with Crippen LogP contribution in [0, 0.1) is 5.92 Å². The minimum Gasteiger partial charge on any atom is -0.102 e. The lowest BCUT2D eigenvalue weighted by Gasteiger charge is -2.38. The van der Waals surface area contributed by atoms with Gasteiger partial charge in [-0.1, -0.05) is 66.9 Å². The summed E-state index contributed by atoms with van der Waals surface area (Å²) in [6.45, 7) is 23.6. The van der Waals surface area contributed by atoms with Crippen LogP contribution in [0.15, 0.2) is 34.2 Å². The third-order valence-electron chi connectivity index (χ3n) is 4.21. The zero-order chi connectivity index (χ0) is 14.3. The van der Waals surface area contributed by atoms with Crippen LogP contribution in [-0.2, 0) is 0 Å². The maximum atomic E-state index is 4.10. The van der Waals surface area contributed by atoms with Crippen LogP contribution in [0.2, 0.25) is 39.3 Å². The van der Waals surface area contributed by atoms with Crippen molar-refractivity contribution in [2.75, 3.05) is 0 Å². The summed E-state index contributed by atoms with van der Waals surface area (Å²) >= 11 is 0. The fourth-order valence-corrected chi connectivity index (χ4v) is 8.16. The average molecular weight is 279 g/mol. The molecular formula is C16H30Si2. The monoisotopic (exact) mass is 278 g/mol. The Labute approximate surface area is 116 Å². The highest BCUT2D eigenvalue weighted by Gasteiger charge is 2.35. The van der Waals surface area contributed by atoms with Crippen LogP contribution in [-0.4, -0.2) is 16.1 Å². The van der Waals surface area contributed by atoms with Crippen molar-refractivity contribution in [2.24, 2.45) is 5.92 Å². The van der Waals surface area contributed by atoms with Crippen LogP contribution in [0.25, 0.3) is 0 Å². The molecule has 0 aromatic heterocycles. The topological polar surface area (TPSA) is 0 Å². The van der Waals surface area contributed by atoms with Crippen molar-refractivity contribution in [2.45, 2.75) is 59.6 Å². The van der Waals surface area contributed by atoms with Gasteiger partial charge in [0.25, 0.3) is 0 Å². The van der Waals surface area contributed by atoms with Gasteiger partial charge in [0, 0.05) is 0 Å². The smallest absolute Gasteiger partial charge is 0.0735 e. The van der Waals surface area contributed by atoms with E-state index in [1.807, 2.05) is 0 Å². The lowest BCUT2D eigenvalue weighted by atomic mass is 9.91. The zero-order valence-corrected chi connectivity index (χ0v) is 15.6. The molecule has 0 N–H and O–H groups in total. The predicted molar refractivity (Wildman–Crippen MR) is 90.4 cm³/mol. The van der Waals surface area contributed by atoms with Crippen LogP contribution >= 0.6 is 0 Å². The number of hydrogen-bond acceptors (Lipinski definition) is 0. The van der Waals surface area contributed by atoms with Gasteiger partial charge < -0.3 is 0 Å². The molecule has 0 saturated heterocycles. The molecule has 1 rings (SSSR count). The average Bonchev–Trinajstić information content (AvgIpc) is 2.17. The minimum atomic E-state index is -1.24. The maximum Gasteiger partial charge on any atom is 0.0735 e. The van der Waals surface area contributed by atoms with E-state index < -0.39 is 16.1 Å².